The predicted molar refractivity (Wildman–Crippen MR) is 216 cm³/mol. The van der Waals surface area contributed by atoms with Gasteiger partial charge in [-0.25, -0.2) is 41.3 Å². The lowest BCUT2D eigenvalue weighted by Gasteiger charge is -2.32. The minimum atomic E-state index is -5.34. The molecule has 2 aromatic carbocycles. The van der Waals surface area contributed by atoms with Crippen molar-refractivity contribution in [3.05, 3.63) is 76.9 Å². The van der Waals surface area contributed by atoms with Gasteiger partial charge in [0.1, 0.15) is 64.6 Å². The molecule has 4 N–H and O–H groups in total. The number of thiophene rings is 1. The topological polar surface area (TPSA) is 174 Å². The number of nitriles is 1. The number of ether oxygens (including phenoxy) is 3. The summed E-state index contributed by atoms with van der Waals surface area (Å²) in [5.74, 6) is -4.28. The van der Waals surface area contributed by atoms with Crippen LogP contribution >= 0.6 is 11.3 Å². The zero-order valence-electron chi connectivity index (χ0n) is 33.4. The van der Waals surface area contributed by atoms with Crippen LogP contribution in [0, 0.1) is 23.0 Å². The van der Waals surface area contributed by atoms with E-state index < -0.39 is 95.0 Å². The van der Waals surface area contributed by atoms with Crippen molar-refractivity contribution in [3.8, 4) is 34.8 Å². The zero-order chi connectivity index (χ0) is 45.6. The number of nitrogens with zero attached hydrogens (tertiary/aromatic N) is 8. The van der Waals surface area contributed by atoms with E-state index in [4.69, 9.17) is 25.7 Å². The van der Waals surface area contributed by atoms with Crippen LogP contribution in [0.25, 0.3) is 32.1 Å². The summed E-state index contributed by atoms with van der Waals surface area (Å²) in [6.07, 6.45) is -2.49. The van der Waals surface area contributed by atoms with E-state index in [1.165, 1.54) is 50.0 Å². The Morgan fingerprint density at radius 3 is 2.47 bits per heavy atom. The van der Waals surface area contributed by atoms with Crippen molar-refractivity contribution in [2.24, 2.45) is 0 Å². The molecular weight excluding hydrogens is 884 g/mol. The predicted octanol–water partition coefficient (Wildman–Crippen LogP) is 8.87. The third-order valence-corrected chi connectivity index (χ3v) is 12.3. The lowest BCUT2D eigenvalue weighted by atomic mass is 9.91. The van der Waals surface area contributed by atoms with Crippen LogP contribution in [0.5, 0.6) is 17.6 Å². The minimum absolute atomic E-state index is 0.0276. The molecule has 9 rings (SSSR count). The minimum Gasteiger partial charge on any atom is -0.490 e. The number of pyridine rings is 1. The second-order valence-electron chi connectivity index (χ2n) is 14.8. The van der Waals surface area contributed by atoms with Gasteiger partial charge < -0.3 is 30.6 Å². The summed E-state index contributed by atoms with van der Waals surface area (Å²) >= 11 is 0.606. The molecule has 0 spiro atoms. The number of halogens is 9. The molecule has 2 fully saturated rings. The van der Waals surface area contributed by atoms with Crippen LogP contribution in [0.2, 0.25) is 0 Å². The van der Waals surface area contributed by atoms with Gasteiger partial charge in [0.15, 0.2) is 11.5 Å². The number of anilines is 3. The van der Waals surface area contributed by atoms with Crippen molar-refractivity contribution in [1.82, 2.24) is 29.8 Å². The SMILES string of the molecule is COc1nc2c3c(c(C(F)(F)F)c(-c4ccc(F)c5sc(N)c(C#N)c45)c(F)c3n1)OCCN2C(c1cccnc1N)C(F)F.FC(F)c1nccnc1OCC1CCC2CCCN21. The fourth-order valence-electron chi connectivity index (χ4n) is 8.63. The average molecular weight is 919 g/mol. The highest BCUT2D eigenvalue weighted by Crippen LogP contribution is 2.54. The second-order valence-corrected chi connectivity index (χ2v) is 15.9. The Balaban J connectivity index is 0.000000244. The third kappa shape index (κ3) is 7.92. The number of fused-ring (bicyclic) bond motifs is 2. The summed E-state index contributed by atoms with van der Waals surface area (Å²) in [4.78, 5) is 22.8. The zero-order valence-corrected chi connectivity index (χ0v) is 34.2. The molecule has 3 unspecified atom stereocenters. The number of nitrogens with two attached hydrogens (primary N) is 2. The Hall–Kier alpha value is -6.41. The molecule has 0 saturated carbocycles. The van der Waals surface area contributed by atoms with Gasteiger partial charge in [-0.2, -0.15) is 28.4 Å². The molecule has 0 bridgehead atoms. The van der Waals surface area contributed by atoms with Gasteiger partial charge in [-0.1, -0.05) is 12.1 Å². The van der Waals surface area contributed by atoms with Gasteiger partial charge in [0.2, 0.25) is 5.88 Å². The fourth-order valence-corrected chi connectivity index (χ4v) is 9.58. The van der Waals surface area contributed by atoms with Crippen molar-refractivity contribution in [2.75, 3.05) is 49.8 Å². The summed E-state index contributed by atoms with van der Waals surface area (Å²) in [5, 5.41) is 8.51. The van der Waals surface area contributed by atoms with Crippen molar-refractivity contribution in [2.45, 2.75) is 62.8 Å². The van der Waals surface area contributed by atoms with E-state index in [2.05, 4.69) is 29.8 Å². The van der Waals surface area contributed by atoms with E-state index >= 15 is 17.6 Å². The first-order valence-electron chi connectivity index (χ1n) is 19.6. The molecular formula is C41H35F9N10O3S. The van der Waals surface area contributed by atoms with Crippen LogP contribution < -0.4 is 30.6 Å². The van der Waals surface area contributed by atoms with E-state index in [0.717, 1.165) is 37.1 Å². The number of hydrogen-bond acceptors (Lipinski definition) is 14. The molecule has 3 aliphatic heterocycles. The maximum Gasteiger partial charge on any atom is 0.420 e. The van der Waals surface area contributed by atoms with Gasteiger partial charge in [-0.05, 0) is 49.9 Å². The van der Waals surface area contributed by atoms with Crippen LogP contribution in [0.4, 0.5) is 56.2 Å². The van der Waals surface area contributed by atoms with Gasteiger partial charge >= 0.3 is 12.2 Å². The fraction of sp³-hybridized carbons (Fsp3) is 0.366. The Bertz CT molecular complexity index is 2770. The lowest BCUT2D eigenvalue weighted by molar-refractivity contribution is -0.138. The molecule has 0 aliphatic carbocycles. The number of methoxy groups -OCH3 is 1. The molecule has 3 atom stereocenters. The van der Waals surface area contributed by atoms with Gasteiger partial charge in [0.25, 0.3) is 12.9 Å². The van der Waals surface area contributed by atoms with E-state index in [1.807, 2.05) is 0 Å². The molecule has 0 radical (unpaired) electrons. The van der Waals surface area contributed by atoms with Crippen molar-refractivity contribution in [3.63, 3.8) is 0 Å². The molecule has 4 aromatic heterocycles. The molecule has 3 aliphatic rings. The largest absolute Gasteiger partial charge is 0.490 e. The summed E-state index contributed by atoms with van der Waals surface area (Å²) in [6.45, 7) is 0.469. The number of alkyl halides is 7. The molecule has 64 heavy (non-hydrogen) atoms. The van der Waals surface area contributed by atoms with Crippen molar-refractivity contribution in [1.29, 1.82) is 5.26 Å². The van der Waals surface area contributed by atoms with Crippen molar-refractivity contribution < 1.29 is 53.7 Å². The van der Waals surface area contributed by atoms with Crippen LogP contribution in [0.15, 0.2) is 42.9 Å². The highest BCUT2D eigenvalue weighted by Gasteiger charge is 2.45. The maximum atomic E-state index is 16.8. The van der Waals surface area contributed by atoms with E-state index in [9.17, 15) is 27.2 Å². The molecule has 6 aromatic rings. The van der Waals surface area contributed by atoms with Gasteiger partial charge in [-0.3, -0.25) is 4.90 Å². The number of hydrogen-bond donors (Lipinski definition) is 2. The Morgan fingerprint density at radius 1 is 0.984 bits per heavy atom. The quantitative estimate of drug-likeness (QED) is 0.132. The van der Waals surface area contributed by atoms with E-state index in [1.54, 1.807) is 6.07 Å². The highest BCUT2D eigenvalue weighted by molar-refractivity contribution is 7.23. The van der Waals surface area contributed by atoms with E-state index in [0.29, 0.717) is 30.0 Å². The Labute approximate surface area is 361 Å². The average Bonchev–Trinajstić information content (AvgIpc) is 3.95. The van der Waals surface area contributed by atoms with Crippen LogP contribution in [-0.2, 0) is 6.18 Å². The summed E-state index contributed by atoms with van der Waals surface area (Å²) < 4.78 is 148. The van der Waals surface area contributed by atoms with Crippen molar-refractivity contribution >= 4 is 49.0 Å². The van der Waals surface area contributed by atoms with Crippen LogP contribution in [0.1, 0.15) is 60.5 Å². The van der Waals surface area contributed by atoms with Gasteiger partial charge in [-0.15, -0.1) is 11.3 Å². The van der Waals surface area contributed by atoms with E-state index in [-0.39, 0.29) is 43.6 Å². The summed E-state index contributed by atoms with van der Waals surface area (Å²) in [7, 11) is 1.09. The smallest absolute Gasteiger partial charge is 0.420 e. The third-order valence-electron chi connectivity index (χ3n) is 11.3. The number of rotatable bonds is 9. The first kappa shape index (κ1) is 44.2. The number of nitrogen functional groups attached to an aromatic ring is 2. The Kier molecular flexibility index (Phi) is 12.2. The number of benzene rings is 2. The van der Waals surface area contributed by atoms with Crippen LogP contribution in [-0.4, -0.2) is 81.7 Å². The summed E-state index contributed by atoms with van der Waals surface area (Å²) in [6, 6.07) is 4.60. The molecule has 7 heterocycles. The maximum absolute atomic E-state index is 16.8. The highest BCUT2D eigenvalue weighted by atomic mass is 32.1. The van der Waals surface area contributed by atoms with Gasteiger partial charge in [0.05, 0.1) is 29.3 Å². The summed E-state index contributed by atoms with van der Waals surface area (Å²) in [5.41, 5.74) is 6.83. The second kappa shape index (κ2) is 17.6. The monoisotopic (exact) mass is 918 g/mol. The lowest BCUT2D eigenvalue weighted by Crippen LogP contribution is -2.37. The first-order valence-corrected chi connectivity index (χ1v) is 20.4. The number of aromatic nitrogens is 5. The standard InChI is InChI=1S/C28H18F7N7O2S.C13H17F2N3O/c1-43-27-40-19-16-21(44-8-7-42(26(16)41-27)20(23(31)32)11-3-2-6-39-24(11)37)17(28(33,34)35)15(18(19)30)10-4-5-13(29)22-14(10)12(9-36)25(38)45-22;14-12(15)11-13(17-6-5-16-11)19-8-10-4-3-9-2-1-7-18(9)10/h2-6,20,23H,7-8,38H2,1H3,(H2,37,39);5-6,9-10,12H,1-4,7-8H2. The molecule has 13 nitrogen and oxygen atoms in total. The molecule has 2 saturated heterocycles. The first-order chi connectivity index (χ1) is 30.6. The molecule has 336 valence electrons. The Morgan fingerprint density at radius 2 is 1.77 bits per heavy atom. The molecule has 23 heteroatoms. The van der Waals surface area contributed by atoms with Crippen LogP contribution in [0.3, 0.4) is 0 Å². The molecule has 0 amide bonds. The van der Waals surface area contributed by atoms with Gasteiger partial charge in [0, 0.05) is 47.2 Å². The normalized spacial score (nSPS) is 17.8.